The van der Waals surface area contributed by atoms with Gasteiger partial charge in [-0.3, -0.25) is 14.4 Å². The fourth-order valence-electron chi connectivity index (χ4n) is 2.56. The molecule has 1 aromatic heterocycles. The lowest BCUT2D eigenvalue weighted by molar-refractivity contribution is -0.126. The van der Waals surface area contributed by atoms with Gasteiger partial charge in [0.05, 0.1) is 12.1 Å². The van der Waals surface area contributed by atoms with Crippen LogP contribution in [0.25, 0.3) is 0 Å². The van der Waals surface area contributed by atoms with Gasteiger partial charge in [-0.25, -0.2) is 0 Å². The molecule has 0 radical (unpaired) electrons. The molecule has 2 heterocycles. The molecule has 7 heteroatoms. The van der Waals surface area contributed by atoms with Crippen LogP contribution in [-0.4, -0.2) is 46.8 Å². The van der Waals surface area contributed by atoms with Crippen LogP contribution in [0.2, 0.25) is 0 Å². The minimum absolute atomic E-state index is 0. The second-order valence-corrected chi connectivity index (χ2v) is 5.18. The van der Waals surface area contributed by atoms with Crippen molar-refractivity contribution in [1.29, 1.82) is 0 Å². The van der Waals surface area contributed by atoms with Crippen LogP contribution in [0.3, 0.4) is 0 Å². The number of aryl methyl sites for hydroxylation is 1. The van der Waals surface area contributed by atoms with E-state index in [0.717, 1.165) is 32.5 Å². The average molecular weight is 302 g/mol. The second-order valence-electron chi connectivity index (χ2n) is 5.18. The van der Waals surface area contributed by atoms with E-state index in [0.29, 0.717) is 13.1 Å². The highest BCUT2D eigenvalue weighted by atomic mass is 35.5. The van der Waals surface area contributed by atoms with Crippen LogP contribution in [0.5, 0.6) is 0 Å². The average Bonchev–Trinajstić information content (AvgIpc) is 2.81. The molecule has 1 atom stereocenters. The van der Waals surface area contributed by atoms with Crippen molar-refractivity contribution in [2.45, 2.75) is 19.4 Å². The number of aromatic nitrogens is 2. The quantitative estimate of drug-likeness (QED) is 0.810. The van der Waals surface area contributed by atoms with Gasteiger partial charge in [0.2, 0.25) is 5.91 Å². The van der Waals surface area contributed by atoms with Gasteiger partial charge in [0.25, 0.3) is 0 Å². The summed E-state index contributed by atoms with van der Waals surface area (Å²) in [5, 5.41) is 7.06. The number of amides is 1. The lowest BCUT2D eigenvalue weighted by atomic mass is 9.97. The first-order valence-electron chi connectivity index (χ1n) is 6.86. The third-order valence-corrected chi connectivity index (χ3v) is 3.48. The zero-order valence-corrected chi connectivity index (χ0v) is 12.7. The Morgan fingerprint density at radius 1 is 1.60 bits per heavy atom. The molecule has 0 saturated carbocycles. The monoisotopic (exact) mass is 301 g/mol. The molecule has 1 saturated heterocycles. The largest absolute Gasteiger partial charge is 0.355 e. The van der Waals surface area contributed by atoms with Gasteiger partial charge in [0, 0.05) is 45.0 Å². The summed E-state index contributed by atoms with van der Waals surface area (Å²) >= 11 is 0. The van der Waals surface area contributed by atoms with Crippen molar-refractivity contribution in [1.82, 2.24) is 20.0 Å². The number of rotatable bonds is 5. The van der Waals surface area contributed by atoms with Gasteiger partial charge in [-0.2, -0.15) is 5.10 Å². The number of piperidine rings is 1. The van der Waals surface area contributed by atoms with Crippen molar-refractivity contribution in [3.8, 4) is 0 Å². The molecule has 0 aromatic carbocycles. The molecule has 1 unspecified atom stereocenters. The first kappa shape index (κ1) is 16.9. The Morgan fingerprint density at radius 3 is 3.05 bits per heavy atom. The van der Waals surface area contributed by atoms with Crippen LogP contribution in [0, 0.1) is 5.92 Å². The van der Waals surface area contributed by atoms with Crippen molar-refractivity contribution >= 4 is 18.3 Å². The summed E-state index contributed by atoms with van der Waals surface area (Å²) in [4.78, 5) is 14.3. The van der Waals surface area contributed by atoms with Gasteiger partial charge in [0.1, 0.15) is 0 Å². The maximum Gasteiger partial charge on any atom is 0.224 e. The van der Waals surface area contributed by atoms with Gasteiger partial charge in [-0.15, -0.1) is 12.4 Å². The number of carbonyl (C=O) groups is 1. The molecular weight excluding hydrogens is 278 g/mol. The Labute approximate surface area is 126 Å². The molecule has 20 heavy (non-hydrogen) atoms. The molecule has 0 spiro atoms. The second kappa shape index (κ2) is 8.24. The van der Waals surface area contributed by atoms with E-state index in [1.165, 1.54) is 5.56 Å². The molecule has 1 aliphatic rings. The van der Waals surface area contributed by atoms with E-state index in [-0.39, 0.29) is 24.2 Å². The Hall–Kier alpha value is -1.11. The van der Waals surface area contributed by atoms with Crippen LogP contribution in [0.1, 0.15) is 18.4 Å². The molecule has 1 aromatic rings. The smallest absolute Gasteiger partial charge is 0.224 e. The highest BCUT2D eigenvalue weighted by molar-refractivity contribution is 5.85. The van der Waals surface area contributed by atoms with Crippen LogP contribution < -0.4 is 11.1 Å². The Balaban J connectivity index is 0.00000200. The lowest BCUT2D eigenvalue weighted by Crippen LogP contribution is -2.43. The first-order chi connectivity index (χ1) is 9.19. The van der Waals surface area contributed by atoms with Crippen molar-refractivity contribution in [2.24, 2.45) is 18.7 Å². The number of carbonyl (C=O) groups excluding carboxylic acids is 1. The number of nitrogens with one attached hydrogen (secondary N) is 1. The van der Waals surface area contributed by atoms with Crippen LogP contribution >= 0.6 is 12.4 Å². The third kappa shape index (κ3) is 4.77. The minimum atomic E-state index is 0. The van der Waals surface area contributed by atoms with Gasteiger partial charge in [-0.05, 0) is 19.4 Å². The molecule has 0 aliphatic carbocycles. The van der Waals surface area contributed by atoms with E-state index in [1.54, 1.807) is 0 Å². The van der Waals surface area contributed by atoms with E-state index in [2.05, 4.69) is 15.3 Å². The highest BCUT2D eigenvalue weighted by Gasteiger charge is 2.25. The van der Waals surface area contributed by atoms with Crippen molar-refractivity contribution in [2.75, 3.05) is 26.2 Å². The maximum atomic E-state index is 11.9. The van der Waals surface area contributed by atoms with E-state index in [1.807, 2.05) is 24.1 Å². The third-order valence-electron chi connectivity index (χ3n) is 3.48. The molecule has 6 nitrogen and oxygen atoms in total. The Morgan fingerprint density at radius 2 is 2.40 bits per heavy atom. The van der Waals surface area contributed by atoms with Crippen molar-refractivity contribution in [3.05, 3.63) is 18.0 Å². The van der Waals surface area contributed by atoms with Crippen LogP contribution in [0.15, 0.2) is 12.4 Å². The number of nitrogens with zero attached hydrogens (tertiary/aromatic N) is 3. The molecule has 1 amide bonds. The fraction of sp³-hybridized carbons (Fsp3) is 0.692. The summed E-state index contributed by atoms with van der Waals surface area (Å²) in [6, 6.07) is 0. The van der Waals surface area contributed by atoms with Gasteiger partial charge in [-0.1, -0.05) is 0 Å². The lowest BCUT2D eigenvalue weighted by Gasteiger charge is -2.31. The van der Waals surface area contributed by atoms with Gasteiger partial charge in [0.15, 0.2) is 0 Å². The molecule has 114 valence electrons. The van der Waals surface area contributed by atoms with E-state index in [4.69, 9.17) is 5.73 Å². The number of halogens is 1. The molecule has 1 fully saturated rings. The molecule has 1 aliphatic heterocycles. The van der Waals surface area contributed by atoms with Gasteiger partial charge >= 0.3 is 0 Å². The van der Waals surface area contributed by atoms with Crippen LogP contribution in [0.4, 0.5) is 0 Å². The molecule has 3 N–H and O–H groups in total. The van der Waals surface area contributed by atoms with Crippen molar-refractivity contribution < 1.29 is 4.79 Å². The van der Waals surface area contributed by atoms with E-state index < -0.39 is 0 Å². The highest BCUT2D eigenvalue weighted by Crippen LogP contribution is 2.18. The van der Waals surface area contributed by atoms with Crippen LogP contribution in [-0.2, 0) is 18.4 Å². The van der Waals surface area contributed by atoms with E-state index >= 15 is 0 Å². The Kier molecular flexibility index (Phi) is 6.98. The number of likely N-dealkylation sites (tertiary alicyclic amines) is 1. The predicted molar refractivity (Wildman–Crippen MR) is 80.5 cm³/mol. The first-order valence-corrected chi connectivity index (χ1v) is 6.86. The summed E-state index contributed by atoms with van der Waals surface area (Å²) in [5.41, 5.74) is 6.60. The molecular formula is C13H24ClN5O. The standard InChI is InChI=1S/C13H23N5O.ClH/c1-17-8-11(7-16-17)9-18-6-2-3-12(10-18)13(19)15-5-4-14;/h7-8,12H,2-6,9-10,14H2,1H3,(H,15,19);1H. The summed E-state index contributed by atoms with van der Waals surface area (Å²) < 4.78 is 1.81. The number of hydrogen-bond donors (Lipinski definition) is 2. The Bertz CT molecular complexity index is 423. The van der Waals surface area contributed by atoms with Crippen molar-refractivity contribution in [3.63, 3.8) is 0 Å². The topological polar surface area (TPSA) is 76.2 Å². The summed E-state index contributed by atoms with van der Waals surface area (Å²) in [6.07, 6.45) is 5.96. The zero-order valence-electron chi connectivity index (χ0n) is 11.9. The van der Waals surface area contributed by atoms with Gasteiger partial charge < -0.3 is 11.1 Å². The maximum absolute atomic E-state index is 11.9. The van der Waals surface area contributed by atoms with E-state index in [9.17, 15) is 4.79 Å². The molecule has 0 bridgehead atoms. The SMILES string of the molecule is Cl.Cn1cc(CN2CCCC(C(=O)NCCN)C2)cn1. The molecule has 2 rings (SSSR count). The minimum Gasteiger partial charge on any atom is -0.355 e. The normalized spacial score (nSPS) is 19.4. The fourth-order valence-corrected chi connectivity index (χ4v) is 2.56. The number of nitrogens with two attached hydrogens (primary N) is 1. The summed E-state index contributed by atoms with van der Waals surface area (Å²) in [6.45, 7) is 3.81. The number of hydrogen-bond acceptors (Lipinski definition) is 4. The summed E-state index contributed by atoms with van der Waals surface area (Å²) in [5.74, 6) is 0.235. The summed E-state index contributed by atoms with van der Waals surface area (Å²) in [7, 11) is 1.92. The zero-order chi connectivity index (χ0) is 13.7. The predicted octanol–water partition coefficient (Wildman–Crippen LogP) is 0.129.